The van der Waals surface area contributed by atoms with Gasteiger partial charge in [-0.15, -0.1) is 6.58 Å². The monoisotopic (exact) mass is 327 g/mol. The predicted octanol–water partition coefficient (Wildman–Crippen LogP) is 2.10. The minimum atomic E-state index is -0.681. The molecule has 5 nitrogen and oxygen atoms in total. The van der Waals surface area contributed by atoms with Gasteiger partial charge in [-0.25, -0.2) is 0 Å². The zero-order valence-corrected chi connectivity index (χ0v) is 13.5. The van der Waals surface area contributed by atoms with Crippen LogP contribution in [-0.4, -0.2) is 23.7 Å². The fraction of sp³-hybridized carbons (Fsp3) is 0.286. The molecule has 0 fully saturated rings. The van der Waals surface area contributed by atoms with Gasteiger partial charge in [0.1, 0.15) is 5.75 Å². The highest BCUT2D eigenvalue weighted by atomic mass is 35.5. The molecule has 0 spiro atoms. The van der Waals surface area contributed by atoms with E-state index in [1.54, 1.807) is 31.2 Å². The van der Waals surface area contributed by atoms with E-state index in [1.807, 2.05) is 6.92 Å². The van der Waals surface area contributed by atoms with Crippen LogP contribution in [0.2, 0.25) is 5.02 Å². The van der Waals surface area contributed by atoms with Crippen LogP contribution in [0.1, 0.15) is 12.5 Å². The second kappa shape index (κ2) is 8.49. The number of halogens is 1. The Morgan fingerprint density at radius 2 is 2.24 bits per heavy atom. The smallest absolute Gasteiger partial charge is 0.279 e. The molecule has 0 saturated carbocycles. The van der Waals surface area contributed by atoms with E-state index in [2.05, 4.69) is 22.7 Å². The molecule has 21 heavy (non-hydrogen) atoms. The summed E-state index contributed by atoms with van der Waals surface area (Å²) in [5.41, 5.74) is 5.90. The summed E-state index contributed by atoms with van der Waals surface area (Å²) < 4.78 is 5.58. The molecule has 0 aliphatic heterocycles. The van der Waals surface area contributed by atoms with Crippen LogP contribution in [0.4, 0.5) is 0 Å². The Morgan fingerprint density at radius 3 is 2.86 bits per heavy atom. The number of nitrogens with one attached hydrogen (secondary N) is 3. The van der Waals surface area contributed by atoms with Crippen molar-refractivity contribution in [1.82, 2.24) is 16.2 Å². The van der Waals surface area contributed by atoms with Crippen LogP contribution in [0, 0.1) is 6.92 Å². The Hall–Kier alpha value is -1.79. The molecule has 0 aliphatic rings. The first-order valence-corrected chi connectivity index (χ1v) is 7.10. The Bertz CT molecular complexity index is 537. The summed E-state index contributed by atoms with van der Waals surface area (Å²) >= 11 is 10.8. The second-order valence-corrected chi connectivity index (χ2v) is 5.13. The van der Waals surface area contributed by atoms with Crippen LogP contribution in [0.15, 0.2) is 30.9 Å². The SMILES string of the molecule is C=CCNC(=S)NNC(=O)[C@@H](C)Oc1ccc(Cl)cc1C. The number of hydrazine groups is 1. The van der Waals surface area contributed by atoms with Gasteiger partial charge in [0.2, 0.25) is 0 Å². The zero-order valence-electron chi connectivity index (χ0n) is 11.9. The summed E-state index contributed by atoms with van der Waals surface area (Å²) in [6, 6.07) is 5.21. The van der Waals surface area contributed by atoms with Crippen molar-refractivity contribution >= 4 is 34.8 Å². The normalized spacial score (nSPS) is 11.2. The number of ether oxygens (including phenoxy) is 1. The molecule has 0 aromatic heterocycles. The van der Waals surface area contributed by atoms with Gasteiger partial charge in [0.05, 0.1) is 0 Å². The van der Waals surface area contributed by atoms with Crippen molar-refractivity contribution in [3.8, 4) is 5.75 Å². The summed E-state index contributed by atoms with van der Waals surface area (Å²) in [5.74, 6) is 0.265. The standard InChI is InChI=1S/C14H18ClN3O2S/c1-4-7-16-14(21)18-17-13(19)10(3)20-12-6-5-11(15)8-9(12)2/h4-6,8,10H,1,7H2,2-3H3,(H,17,19)(H2,16,18,21)/t10-/m1/s1. The third-order valence-corrected chi connectivity index (χ3v) is 3.00. The molecule has 1 rings (SSSR count). The topological polar surface area (TPSA) is 62.4 Å². The van der Waals surface area contributed by atoms with Crippen molar-refractivity contribution in [2.75, 3.05) is 6.54 Å². The molecular formula is C14H18ClN3O2S. The lowest BCUT2D eigenvalue weighted by Gasteiger charge is -2.17. The molecule has 7 heteroatoms. The average Bonchev–Trinajstić information content (AvgIpc) is 2.45. The lowest BCUT2D eigenvalue weighted by Crippen LogP contribution is -2.50. The van der Waals surface area contributed by atoms with Crippen LogP contribution < -0.4 is 20.9 Å². The molecule has 1 aromatic carbocycles. The van der Waals surface area contributed by atoms with E-state index in [1.165, 1.54) is 0 Å². The molecule has 0 saturated heterocycles. The van der Waals surface area contributed by atoms with Crippen molar-refractivity contribution < 1.29 is 9.53 Å². The van der Waals surface area contributed by atoms with Crippen LogP contribution >= 0.6 is 23.8 Å². The van der Waals surface area contributed by atoms with Crippen molar-refractivity contribution in [1.29, 1.82) is 0 Å². The van der Waals surface area contributed by atoms with E-state index in [4.69, 9.17) is 28.6 Å². The molecular weight excluding hydrogens is 310 g/mol. The van der Waals surface area contributed by atoms with Gasteiger partial charge in [-0.1, -0.05) is 17.7 Å². The van der Waals surface area contributed by atoms with Gasteiger partial charge in [0, 0.05) is 11.6 Å². The Kier molecular flexibility index (Phi) is 6.98. The Balaban J connectivity index is 2.47. The summed E-state index contributed by atoms with van der Waals surface area (Å²) in [6.07, 6.45) is 0.977. The maximum atomic E-state index is 11.9. The van der Waals surface area contributed by atoms with E-state index in [-0.39, 0.29) is 5.91 Å². The average molecular weight is 328 g/mol. The number of aryl methyl sites for hydroxylation is 1. The number of hydrogen-bond donors (Lipinski definition) is 3. The number of amides is 1. The minimum Gasteiger partial charge on any atom is -0.481 e. The van der Waals surface area contributed by atoms with Crippen molar-refractivity contribution in [2.24, 2.45) is 0 Å². The maximum Gasteiger partial charge on any atom is 0.279 e. The number of thiocarbonyl (C=S) groups is 1. The summed E-state index contributed by atoms with van der Waals surface area (Å²) in [6.45, 7) is 7.57. The molecule has 0 bridgehead atoms. The third-order valence-electron chi connectivity index (χ3n) is 2.52. The van der Waals surface area contributed by atoms with E-state index in [9.17, 15) is 4.79 Å². The van der Waals surface area contributed by atoms with Gasteiger partial charge in [-0.05, 0) is 49.8 Å². The van der Waals surface area contributed by atoms with Crippen LogP contribution in [0.3, 0.4) is 0 Å². The van der Waals surface area contributed by atoms with Gasteiger partial charge in [0.25, 0.3) is 5.91 Å². The maximum absolute atomic E-state index is 11.9. The molecule has 114 valence electrons. The summed E-state index contributed by atoms with van der Waals surface area (Å²) in [4.78, 5) is 11.9. The molecule has 1 aromatic rings. The Morgan fingerprint density at radius 1 is 1.52 bits per heavy atom. The molecule has 3 N–H and O–H groups in total. The van der Waals surface area contributed by atoms with Crippen molar-refractivity contribution in [3.05, 3.63) is 41.4 Å². The van der Waals surface area contributed by atoms with Crippen LogP contribution in [0.25, 0.3) is 0 Å². The van der Waals surface area contributed by atoms with Gasteiger partial charge in [-0.3, -0.25) is 15.6 Å². The first-order valence-electron chi connectivity index (χ1n) is 6.31. The molecule has 0 radical (unpaired) electrons. The molecule has 0 heterocycles. The van der Waals surface area contributed by atoms with E-state index < -0.39 is 6.10 Å². The quantitative estimate of drug-likeness (QED) is 0.439. The summed E-state index contributed by atoms with van der Waals surface area (Å²) in [7, 11) is 0. The first kappa shape index (κ1) is 17.3. The predicted molar refractivity (Wildman–Crippen MR) is 88.4 cm³/mol. The highest BCUT2D eigenvalue weighted by molar-refractivity contribution is 7.80. The fourth-order valence-electron chi connectivity index (χ4n) is 1.42. The summed E-state index contributed by atoms with van der Waals surface area (Å²) in [5, 5.41) is 3.75. The lowest BCUT2D eigenvalue weighted by molar-refractivity contribution is -0.127. The Labute approximate surface area is 134 Å². The minimum absolute atomic E-state index is 0.304. The van der Waals surface area contributed by atoms with E-state index >= 15 is 0 Å². The van der Waals surface area contributed by atoms with E-state index in [0.717, 1.165) is 5.56 Å². The molecule has 0 aliphatic carbocycles. The first-order chi connectivity index (χ1) is 9.93. The van der Waals surface area contributed by atoms with Gasteiger partial charge in [-0.2, -0.15) is 0 Å². The molecule has 0 unspecified atom stereocenters. The number of rotatable bonds is 5. The highest BCUT2D eigenvalue weighted by Gasteiger charge is 2.15. The number of benzene rings is 1. The highest BCUT2D eigenvalue weighted by Crippen LogP contribution is 2.22. The van der Waals surface area contributed by atoms with Crippen molar-refractivity contribution in [3.63, 3.8) is 0 Å². The zero-order chi connectivity index (χ0) is 15.8. The number of carbonyl (C=O) groups excluding carboxylic acids is 1. The van der Waals surface area contributed by atoms with Crippen LogP contribution in [0.5, 0.6) is 5.75 Å². The number of carbonyl (C=O) groups is 1. The second-order valence-electron chi connectivity index (χ2n) is 4.28. The molecule has 1 amide bonds. The van der Waals surface area contributed by atoms with Gasteiger partial charge in [0.15, 0.2) is 11.2 Å². The lowest BCUT2D eigenvalue weighted by atomic mass is 10.2. The van der Waals surface area contributed by atoms with Gasteiger partial charge < -0.3 is 10.1 Å². The largest absolute Gasteiger partial charge is 0.481 e. The van der Waals surface area contributed by atoms with Gasteiger partial charge >= 0.3 is 0 Å². The van der Waals surface area contributed by atoms with Crippen molar-refractivity contribution in [2.45, 2.75) is 20.0 Å². The molecule has 1 atom stereocenters. The van der Waals surface area contributed by atoms with E-state index in [0.29, 0.717) is 22.4 Å². The number of hydrogen-bond acceptors (Lipinski definition) is 3. The van der Waals surface area contributed by atoms with Crippen LogP contribution in [-0.2, 0) is 4.79 Å². The third kappa shape index (κ3) is 6.01. The fourth-order valence-corrected chi connectivity index (χ4v) is 1.78.